The van der Waals surface area contributed by atoms with Crippen LogP contribution in [0, 0.1) is 11.3 Å². The average Bonchev–Trinajstić information content (AvgIpc) is 2.57. The fourth-order valence-corrected chi connectivity index (χ4v) is 0.806. The lowest BCUT2D eigenvalue weighted by Crippen LogP contribution is -2.25. The topological polar surface area (TPSA) is 94.5 Å². The number of hydrogen-bond acceptors (Lipinski definition) is 4. The highest BCUT2D eigenvalue weighted by Gasteiger charge is 1.99. The molecule has 0 unspecified atom stereocenters. The number of hydrogen-bond donors (Lipinski definition) is 2. The van der Waals surface area contributed by atoms with E-state index in [0.717, 1.165) is 5.82 Å². The maximum absolute atomic E-state index is 10.8. The third kappa shape index (κ3) is 3.33. The van der Waals surface area contributed by atoms with Crippen LogP contribution in [-0.4, -0.2) is 27.6 Å². The van der Waals surface area contributed by atoms with Gasteiger partial charge in [-0.2, -0.15) is 10.4 Å². The normalized spacial score (nSPS) is 9.15. The van der Waals surface area contributed by atoms with E-state index in [1.807, 2.05) is 0 Å². The van der Waals surface area contributed by atoms with E-state index in [2.05, 4.69) is 20.5 Å². The minimum absolute atomic E-state index is 0.101. The second-order valence-electron chi connectivity index (χ2n) is 2.37. The molecule has 1 aromatic rings. The molecule has 68 valence electrons. The molecular weight excluding hydrogens is 170 g/mol. The van der Waals surface area contributed by atoms with Gasteiger partial charge in [0.1, 0.15) is 18.6 Å². The molecule has 13 heavy (non-hydrogen) atoms. The molecule has 1 rings (SSSR count). The Bertz CT molecular complexity index is 299. The number of nitrogens with zero attached hydrogens (tertiary/aromatic N) is 3. The number of aromatic amines is 1. The van der Waals surface area contributed by atoms with Crippen molar-refractivity contribution in [3.63, 3.8) is 0 Å². The van der Waals surface area contributed by atoms with Crippen molar-refractivity contribution in [3.8, 4) is 6.07 Å². The van der Waals surface area contributed by atoms with Crippen LogP contribution in [0.3, 0.4) is 0 Å². The van der Waals surface area contributed by atoms with E-state index in [4.69, 9.17) is 5.26 Å². The van der Waals surface area contributed by atoms with E-state index in [9.17, 15) is 4.79 Å². The number of amides is 1. The molecular formula is C7H9N5O. The molecule has 0 bridgehead atoms. The van der Waals surface area contributed by atoms with Crippen molar-refractivity contribution in [3.05, 3.63) is 12.2 Å². The lowest BCUT2D eigenvalue weighted by molar-refractivity contribution is -0.120. The Balaban J connectivity index is 2.15. The predicted molar refractivity (Wildman–Crippen MR) is 43.3 cm³/mol. The summed E-state index contributed by atoms with van der Waals surface area (Å²) in [4.78, 5) is 14.7. The van der Waals surface area contributed by atoms with Crippen LogP contribution in [0.15, 0.2) is 6.33 Å². The van der Waals surface area contributed by atoms with E-state index in [0.29, 0.717) is 13.0 Å². The molecule has 2 N–H and O–H groups in total. The summed E-state index contributed by atoms with van der Waals surface area (Å²) in [5.74, 6) is 0.458. The van der Waals surface area contributed by atoms with Gasteiger partial charge >= 0.3 is 0 Å². The van der Waals surface area contributed by atoms with Gasteiger partial charge in [0.05, 0.1) is 6.07 Å². The summed E-state index contributed by atoms with van der Waals surface area (Å²) in [6, 6.07) is 1.76. The van der Waals surface area contributed by atoms with E-state index >= 15 is 0 Å². The number of nitrogens with one attached hydrogen (secondary N) is 2. The van der Waals surface area contributed by atoms with Crippen molar-refractivity contribution >= 4 is 5.91 Å². The summed E-state index contributed by atoms with van der Waals surface area (Å²) < 4.78 is 0. The van der Waals surface area contributed by atoms with Crippen LogP contribution in [-0.2, 0) is 11.2 Å². The van der Waals surface area contributed by atoms with Crippen LogP contribution in [0.2, 0.25) is 0 Å². The SMILES string of the molecule is N#CCC(=O)NCCc1ncn[nH]1. The first-order valence-corrected chi connectivity index (χ1v) is 3.81. The zero-order valence-corrected chi connectivity index (χ0v) is 6.95. The fourth-order valence-electron chi connectivity index (χ4n) is 0.806. The van der Waals surface area contributed by atoms with Crippen molar-refractivity contribution in [1.29, 1.82) is 5.26 Å². The summed E-state index contributed by atoms with van der Waals surface area (Å²) in [7, 11) is 0. The van der Waals surface area contributed by atoms with Crippen molar-refractivity contribution in [2.45, 2.75) is 12.8 Å². The molecule has 0 radical (unpaired) electrons. The lowest BCUT2D eigenvalue weighted by atomic mass is 10.4. The quantitative estimate of drug-likeness (QED) is 0.643. The fraction of sp³-hybridized carbons (Fsp3) is 0.429. The first kappa shape index (κ1) is 9.19. The summed E-state index contributed by atoms with van der Waals surface area (Å²) in [5.41, 5.74) is 0. The molecule has 0 aliphatic carbocycles. The van der Waals surface area contributed by atoms with Gasteiger partial charge in [-0.25, -0.2) is 4.98 Å². The van der Waals surface area contributed by atoms with E-state index in [1.165, 1.54) is 6.33 Å². The number of carbonyl (C=O) groups excluding carboxylic acids is 1. The summed E-state index contributed by atoms with van der Waals surface area (Å²) in [5, 5.41) is 17.1. The molecule has 1 aromatic heterocycles. The molecule has 6 nitrogen and oxygen atoms in total. The standard InChI is InChI=1S/C7H9N5O/c8-3-1-7(13)9-4-2-6-10-5-11-12-6/h5H,1-2,4H2,(H,9,13)(H,10,11,12). The minimum atomic E-state index is -0.262. The Morgan fingerprint density at radius 1 is 1.77 bits per heavy atom. The Kier molecular flexibility index (Phi) is 3.45. The molecule has 0 spiro atoms. The second kappa shape index (κ2) is 4.87. The Morgan fingerprint density at radius 2 is 2.62 bits per heavy atom. The minimum Gasteiger partial charge on any atom is -0.355 e. The first-order chi connectivity index (χ1) is 6.33. The summed E-state index contributed by atoms with van der Waals surface area (Å²) in [6.45, 7) is 0.468. The molecule has 1 amide bonds. The summed E-state index contributed by atoms with van der Waals surface area (Å²) in [6.07, 6.45) is 1.90. The number of nitriles is 1. The second-order valence-corrected chi connectivity index (χ2v) is 2.37. The van der Waals surface area contributed by atoms with Crippen molar-refractivity contribution in [1.82, 2.24) is 20.5 Å². The highest BCUT2D eigenvalue weighted by Crippen LogP contribution is 1.85. The van der Waals surface area contributed by atoms with Crippen LogP contribution in [0.25, 0.3) is 0 Å². The zero-order valence-electron chi connectivity index (χ0n) is 6.95. The van der Waals surface area contributed by atoms with Gasteiger partial charge in [0.15, 0.2) is 0 Å². The van der Waals surface area contributed by atoms with Crippen molar-refractivity contribution < 1.29 is 4.79 Å². The smallest absolute Gasteiger partial charge is 0.234 e. The Labute approximate surface area is 75.0 Å². The molecule has 0 saturated carbocycles. The number of aromatic nitrogens is 3. The van der Waals surface area contributed by atoms with Crippen molar-refractivity contribution in [2.75, 3.05) is 6.54 Å². The molecule has 0 aliphatic heterocycles. The van der Waals surface area contributed by atoms with Crippen LogP contribution < -0.4 is 5.32 Å². The number of carbonyl (C=O) groups is 1. The molecule has 0 aliphatic rings. The van der Waals surface area contributed by atoms with Gasteiger partial charge in [0, 0.05) is 13.0 Å². The molecule has 6 heteroatoms. The Hall–Kier alpha value is -1.90. The van der Waals surface area contributed by atoms with Crippen LogP contribution in [0.5, 0.6) is 0 Å². The van der Waals surface area contributed by atoms with Gasteiger partial charge in [0.25, 0.3) is 0 Å². The first-order valence-electron chi connectivity index (χ1n) is 3.81. The van der Waals surface area contributed by atoms with Crippen LogP contribution in [0.1, 0.15) is 12.2 Å². The van der Waals surface area contributed by atoms with Gasteiger partial charge in [-0.1, -0.05) is 0 Å². The maximum Gasteiger partial charge on any atom is 0.234 e. The highest BCUT2D eigenvalue weighted by molar-refractivity contribution is 5.77. The van der Waals surface area contributed by atoms with E-state index in [1.54, 1.807) is 6.07 Å². The molecule has 0 saturated heterocycles. The van der Waals surface area contributed by atoms with Gasteiger partial charge in [0.2, 0.25) is 5.91 Å². The van der Waals surface area contributed by atoms with Gasteiger partial charge in [-0.05, 0) is 0 Å². The molecule has 1 heterocycles. The number of rotatable bonds is 4. The van der Waals surface area contributed by atoms with E-state index < -0.39 is 0 Å². The third-order valence-electron chi connectivity index (χ3n) is 1.39. The van der Waals surface area contributed by atoms with E-state index in [-0.39, 0.29) is 12.3 Å². The lowest BCUT2D eigenvalue weighted by Gasteiger charge is -1.98. The molecule has 0 aromatic carbocycles. The molecule has 0 atom stereocenters. The third-order valence-corrected chi connectivity index (χ3v) is 1.39. The Morgan fingerprint density at radius 3 is 3.23 bits per heavy atom. The van der Waals surface area contributed by atoms with Crippen LogP contribution >= 0.6 is 0 Å². The summed E-state index contributed by atoms with van der Waals surface area (Å²) >= 11 is 0. The molecule has 0 fully saturated rings. The largest absolute Gasteiger partial charge is 0.355 e. The van der Waals surface area contributed by atoms with Gasteiger partial charge < -0.3 is 5.32 Å². The number of H-pyrrole nitrogens is 1. The highest BCUT2D eigenvalue weighted by atomic mass is 16.1. The predicted octanol–water partition coefficient (Wildman–Crippen LogP) is -0.623. The zero-order chi connectivity index (χ0) is 9.52. The van der Waals surface area contributed by atoms with Crippen LogP contribution in [0.4, 0.5) is 0 Å². The van der Waals surface area contributed by atoms with Gasteiger partial charge in [-0.3, -0.25) is 9.89 Å². The van der Waals surface area contributed by atoms with Gasteiger partial charge in [-0.15, -0.1) is 0 Å². The maximum atomic E-state index is 10.8. The van der Waals surface area contributed by atoms with Crippen molar-refractivity contribution in [2.24, 2.45) is 0 Å². The monoisotopic (exact) mass is 179 g/mol. The average molecular weight is 179 g/mol.